The molecule has 17 heteroatoms. The second-order valence-electron chi connectivity index (χ2n) is 10.6. The first-order chi connectivity index (χ1) is 21.9. The Morgan fingerprint density at radius 2 is 1.28 bits per heavy atom. The Balaban J connectivity index is 1.46. The summed E-state index contributed by atoms with van der Waals surface area (Å²) in [5.41, 5.74) is -0.666. The topological polar surface area (TPSA) is 268 Å². The van der Waals surface area contributed by atoms with E-state index in [2.05, 4.69) is 0 Å². The summed E-state index contributed by atoms with van der Waals surface area (Å²) in [5, 5.41) is 90.5. The highest BCUT2D eigenvalue weighted by Gasteiger charge is 2.46. The van der Waals surface area contributed by atoms with Gasteiger partial charge in [0.2, 0.25) is 23.8 Å². The first-order valence-electron chi connectivity index (χ1n) is 13.9. The van der Waals surface area contributed by atoms with E-state index in [0.717, 1.165) is 6.26 Å². The zero-order chi connectivity index (χ0) is 33.4. The number of aliphatic hydroxyl groups is 8. The third-order valence-electron chi connectivity index (χ3n) is 7.82. The van der Waals surface area contributed by atoms with Crippen LogP contribution in [0.1, 0.15) is 0 Å². The zero-order valence-electron chi connectivity index (χ0n) is 24.4. The number of hydrogen-bond donors (Lipinski definition) is 9. The fourth-order valence-corrected chi connectivity index (χ4v) is 5.22. The minimum Gasteiger partial charge on any atom is -0.504 e. The highest BCUT2D eigenvalue weighted by atomic mass is 16.7. The molecule has 2 aliphatic heterocycles. The van der Waals surface area contributed by atoms with Gasteiger partial charge in [-0.1, -0.05) is 6.07 Å². The van der Waals surface area contributed by atoms with Gasteiger partial charge < -0.3 is 78.8 Å². The van der Waals surface area contributed by atoms with Gasteiger partial charge in [-0.2, -0.15) is 0 Å². The number of ether oxygens (including phenoxy) is 6. The van der Waals surface area contributed by atoms with E-state index >= 15 is 0 Å². The molecule has 2 fully saturated rings. The van der Waals surface area contributed by atoms with Crippen LogP contribution in [-0.4, -0.2) is 135 Å². The van der Waals surface area contributed by atoms with Gasteiger partial charge in [-0.05, 0) is 17.7 Å². The molecule has 2 saturated heterocycles. The van der Waals surface area contributed by atoms with Gasteiger partial charge in [0, 0.05) is 6.07 Å². The van der Waals surface area contributed by atoms with Crippen molar-refractivity contribution in [3.63, 3.8) is 0 Å². The lowest BCUT2D eigenvalue weighted by Gasteiger charge is -2.39. The van der Waals surface area contributed by atoms with Crippen LogP contribution in [0.15, 0.2) is 39.7 Å². The fourth-order valence-electron chi connectivity index (χ4n) is 5.22. The smallest absolute Gasteiger partial charge is 0.229 e. The number of phenols is 1. The number of aromatic hydroxyl groups is 1. The molecule has 2 aromatic carbocycles. The van der Waals surface area contributed by atoms with Gasteiger partial charge in [0.1, 0.15) is 66.1 Å². The maximum Gasteiger partial charge on any atom is 0.229 e. The third-order valence-corrected chi connectivity index (χ3v) is 7.82. The van der Waals surface area contributed by atoms with Crippen molar-refractivity contribution >= 4 is 11.0 Å². The number of rotatable bonds is 9. The van der Waals surface area contributed by atoms with Crippen LogP contribution in [0.4, 0.5) is 0 Å². The van der Waals surface area contributed by atoms with E-state index in [9.17, 15) is 50.8 Å². The van der Waals surface area contributed by atoms with Gasteiger partial charge in [0.25, 0.3) is 0 Å². The summed E-state index contributed by atoms with van der Waals surface area (Å²) in [6, 6.07) is 5.38. The lowest BCUT2D eigenvalue weighted by atomic mass is 9.99. The van der Waals surface area contributed by atoms with Crippen molar-refractivity contribution in [3.8, 4) is 39.9 Å². The molecule has 5 rings (SSSR count). The molecule has 10 atom stereocenters. The van der Waals surface area contributed by atoms with Crippen molar-refractivity contribution in [3.05, 3.63) is 40.8 Å². The number of hydrogen-bond acceptors (Lipinski definition) is 17. The largest absolute Gasteiger partial charge is 0.504 e. The fraction of sp³-hybridized carbons (Fsp3) is 0.483. The molecule has 0 unspecified atom stereocenters. The molecule has 17 nitrogen and oxygen atoms in total. The van der Waals surface area contributed by atoms with Gasteiger partial charge in [0.05, 0.1) is 33.0 Å². The predicted molar refractivity (Wildman–Crippen MR) is 151 cm³/mol. The van der Waals surface area contributed by atoms with Crippen molar-refractivity contribution < 1.29 is 78.8 Å². The van der Waals surface area contributed by atoms with Crippen molar-refractivity contribution in [2.45, 2.75) is 61.4 Å². The Labute approximate surface area is 259 Å². The highest BCUT2D eigenvalue weighted by molar-refractivity contribution is 5.91. The van der Waals surface area contributed by atoms with Crippen molar-refractivity contribution in [2.24, 2.45) is 0 Å². The zero-order valence-corrected chi connectivity index (χ0v) is 24.4. The number of benzene rings is 2. The summed E-state index contributed by atoms with van der Waals surface area (Å²) in [5.74, 6) is -1.23. The number of methoxy groups -OCH3 is 2. The standard InChI is InChI=1S/C29H34O17/c1-40-13-5-10(3-4-12(13)43-28-25(38)23(36)20(33)16(7-30)45-28)11-9-42-14-6-15(27(41-2)22(35)18(14)19(11)32)44-29-26(39)24(37)21(34)17(8-31)46-29/h3-6,9,16-17,20-21,23-26,28-31,33-39H,7-8H2,1-2H3/t16-,17-,20-,21-,23+,24+,25-,26-,28-,29-/m1/s1. The molecule has 2 aliphatic rings. The molecule has 0 aliphatic carbocycles. The predicted octanol–water partition coefficient (Wildman–Crippen LogP) is -2.46. The van der Waals surface area contributed by atoms with Gasteiger partial charge in [0.15, 0.2) is 23.0 Å². The first-order valence-corrected chi connectivity index (χ1v) is 13.9. The Kier molecular flexibility index (Phi) is 9.89. The van der Waals surface area contributed by atoms with Gasteiger partial charge in [-0.25, -0.2) is 0 Å². The van der Waals surface area contributed by atoms with Crippen molar-refractivity contribution in [1.29, 1.82) is 0 Å². The van der Waals surface area contributed by atoms with Crippen LogP contribution < -0.4 is 24.4 Å². The number of phenolic OH excluding ortho intramolecular Hbond substituents is 1. The monoisotopic (exact) mass is 654 g/mol. The molecular weight excluding hydrogens is 620 g/mol. The molecule has 3 heterocycles. The SMILES string of the molecule is COc1cc(-c2coc3cc(O[C@@H]4O[C@H](CO)[C@@H](O)[C@H](O)[C@H]4O)c(OC)c(O)c3c2=O)ccc1O[C@@H]1O[C@H](CO)[C@@H](O)[C@H](O)[C@H]1O. The molecule has 0 amide bonds. The average molecular weight is 655 g/mol. The Morgan fingerprint density at radius 3 is 1.80 bits per heavy atom. The second-order valence-corrected chi connectivity index (χ2v) is 10.6. The maximum absolute atomic E-state index is 13.6. The molecular formula is C29H34O17. The van der Waals surface area contributed by atoms with Gasteiger partial charge >= 0.3 is 0 Å². The first kappa shape index (κ1) is 33.6. The van der Waals surface area contributed by atoms with E-state index < -0.39 is 85.8 Å². The van der Waals surface area contributed by atoms with Crippen LogP contribution in [0.5, 0.6) is 28.7 Å². The molecule has 1 aromatic heterocycles. The van der Waals surface area contributed by atoms with E-state index in [1.54, 1.807) is 0 Å². The molecule has 9 N–H and O–H groups in total. The van der Waals surface area contributed by atoms with E-state index in [-0.39, 0.29) is 45.1 Å². The molecule has 0 radical (unpaired) electrons. The Hall–Kier alpha value is -3.75. The summed E-state index contributed by atoms with van der Waals surface area (Å²) in [4.78, 5) is 13.6. The van der Waals surface area contributed by atoms with Crippen LogP contribution in [0, 0.1) is 0 Å². The van der Waals surface area contributed by atoms with Crippen LogP contribution in [0.3, 0.4) is 0 Å². The quantitative estimate of drug-likeness (QED) is 0.116. The lowest BCUT2D eigenvalue weighted by Crippen LogP contribution is -2.60. The van der Waals surface area contributed by atoms with Crippen molar-refractivity contribution in [2.75, 3.05) is 27.4 Å². The summed E-state index contributed by atoms with van der Waals surface area (Å²) >= 11 is 0. The molecule has 46 heavy (non-hydrogen) atoms. The van der Waals surface area contributed by atoms with Gasteiger partial charge in [-0.3, -0.25) is 4.79 Å². The Morgan fingerprint density at radius 1 is 0.717 bits per heavy atom. The van der Waals surface area contributed by atoms with Crippen LogP contribution in [0.2, 0.25) is 0 Å². The van der Waals surface area contributed by atoms with E-state index in [1.165, 1.54) is 38.5 Å². The minimum atomic E-state index is -1.77. The summed E-state index contributed by atoms with van der Waals surface area (Å²) in [6.07, 6.45) is -14.6. The van der Waals surface area contributed by atoms with Crippen LogP contribution >= 0.6 is 0 Å². The molecule has 252 valence electrons. The second kappa shape index (κ2) is 13.5. The maximum atomic E-state index is 13.6. The van der Waals surface area contributed by atoms with E-state index in [1.807, 2.05) is 0 Å². The summed E-state index contributed by atoms with van der Waals surface area (Å²) in [7, 11) is 2.47. The minimum absolute atomic E-state index is 0.0141. The summed E-state index contributed by atoms with van der Waals surface area (Å²) < 4.78 is 38.3. The van der Waals surface area contributed by atoms with Crippen LogP contribution in [-0.2, 0) is 9.47 Å². The highest BCUT2D eigenvalue weighted by Crippen LogP contribution is 2.44. The van der Waals surface area contributed by atoms with E-state index in [0.29, 0.717) is 0 Å². The number of aliphatic hydroxyl groups excluding tert-OH is 8. The van der Waals surface area contributed by atoms with Crippen LogP contribution in [0.25, 0.3) is 22.1 Å². The Bertz CT molecular complexity index is 1590. The van der Waals surface area contributed by atoms with E-state index in [4.69, 9.17) is 32.8 Å². The number of fused-ring (bicyclic) bond motifs is 1. The summed E-state index contributed by atoms with van der Waals surface area (Å²) in [6.45, 7) is -1.36. The molecule has 3 aromatic rings. The molecule has 0 bridgehead atoms. The molecule has 0 spiro atoms. The lowest BCUT2D eigenvalue weighted by molar-refractivity contribution is -0.277. The average Bonchev–Trinajstić information content (AvgIpc) is 3.05. The van der Waals surface area contributed by atoms with Gasteiger partial charge in [-0.15, -0.1) is 0 Å². The molecule has 0 saturated carbocycles. The third kappa shape index (κ3) is 5.93. The van der Waals surface area contributed by atoms with Crippen molar-refractivity contribution in [1.82, 2.24) is 0 Å². The normalized spacial score (nSPS) is 31.4.